The lowest BCUT2D eigenvalue weighted by atomic mass is 10.2. The summed E-state index contributed by atoms with van der Waals surface area (Å²) in [5.41, 5.74) is 0.166. The molecule has 0 atom stereocenters. The van der Waals surface area contributed by atoms with Gasteiger partial charge in [-0.15, -0.1) is 0 Å². The summed E-state index contributed by atoms with van der Waals surface area (Å²) in [7, 11) is 0. The van der Waals surface area contributed by atoms with Gasteiger partial charge < -0.3 is 10.2 Å². The van der Waals surface area contributed by atoms with Crippen molar-refractivity contribution >= 4 is 73.7 Å². The van der Waals surface area contributed by atoms with E-state index in [9.17, 15) is 9.90 Å². The van der Waals surface area contributed by atoms with Gasteiger partial charge in [0.05, 0.1) is 12.7 Å². The number of aromatic carboxylic acids is 1. The van der Waals surface area contributed by atoms with Crippen molar-refractivity contribution in [2.75, 3.05) is 0 Å². The molecule has 0 bridgehead atoms. The number of carboxylic acid groups (broad SMARTS) is 1. The second kappa shape index (κ2) is 4.47. The van der Waals surface area contributed by atoms with Crippen LogP contribution in [0.25, 0.3) is 0 Å². The molecule has 1 aromatic rings. The molecule has 70 valence electrons. The number of carboxylic acids is 1. The Balaban J connectivity index is 3.53. The molecule has 2 N–H and O–H groups in total. The highest BCUT2D eigenvalue weighted by molar-refractivity contribution is 14.1. The molecule has 0 saturated carbocycles. The summed E-state index contributed by atoms with van der Waals surface area (Å²) in [5.74, 6) is -0.973. The van der Waals surface area contributed by atoms with Crippen LogP contribution in [0.2, 0.25) is 0 Å². The third-order valence-electron chi connectivity index (χ3n) is 1.36. The van der Waals surface area contributed by atoms with Crippen LogP contribution >= 0.6 is 67.8 Å². The molecular formula is C7H3I3O3. The van der Waals surface area contributed by atoms with Crippen molar-refractivity contribution < 1.29 is 15.0 Å². The maximum absolute atomic E-state index is 10.8. The Morgan fingerprint density at radius 3 is 2.23 bits per heavy atom. The SMILES string of the molecule is O=C(O)c1c(I)cc(I)c(O)c1I. The molecule has 1 aromatic carbocycles. The molecule has 0 unspecified atom stereocenters. The van der Waals surface area contributed by atoms with Gasteiger partial charge in [0, 0.05) is 3.57 Å². The Bertz CT molecular complexity index is 376. The molecule has 0 amide bonds. The third-order valence-corrected chi connectivity index (χ3v) is 4.08. The van der Waals surface area contributed by atoms with Gasteiger partial charge in [0.2, 0.25) is 0 Å². The Morgan fingerprint density at radius 1 is 1.23 bits per heavy atom. The maximum Gasteiger partial charge on any atom is 0.337 e. The smallest absolute Gasteiger partial charge is 0.337 e. The second-order valence-corrected chi connectivity index (χ2v) is 5.59. The van der Waals surface area contributed by atoms with E-state index in [1.807, 2.05) is 67.8 Å². The zero-order valence-corrected chi connectivity index (χ0v) is 12.5. The van der Waals surface area contributed by atoms with E-state index < -0.39 is 5.97 Å². The van der Waals surface area contributed by atoms with E-state index in [0.29, 0.717) is 10.7 Å². The summed E-state index contributed by atoms with van der Waals surface area (Å²) in [4.78, 5) is 10.8. The molecule has 0 fully saturated rings. The molecule has 6 heteroatoms. The summed E-state index contributed by atoms with van der Waals surface area (Å²) in [5, 5.41) is 18.3. The highest BCUT2D eigenvalue weighted by Crippen LogP contribution is 2.32. The number of phenols is 1. The Labute approximate surface area is 115 Å². The molecule has 0 saturated heterocycles. The summed E-state index contributed by atoms with van der Waals surface area (Å²) in [6, 6.07) is 1.64. The summed E-state index contributed by atoms with van der Waals surface area (Å²) in [6.07, 6.45) is 0. The molecule has 0 heterocycles. The van der Waals surface area contributed by atoms with Crippen LogP contribution in [-0.2, 0) is 0 Å². The lowest BCUT2D eigenvalue weighted by molar-refractivity contribution is 0.0694. The van der Waals surface area contributed by atoms with Gasteiger partial charge >= 0.3 is 5.97 Å². The van der Waals surface area contributed by atoms with E-state index in [2.05, 4.69) is 0 Å². The quantitative estimate of drug-likeness (QED) is 0.566. The fourth-order valence-electron chi connectivity index (χ4n) is 0.776. The Kier molecular flexibility index (Phi) is 4.04. The number of benzene rings is 1. The molecule has 13 heavy (non-hydrogen) atoms. The summed E-state index contributed by atoms with van der Waals surface area (Å²) < 4.78 is 1.69. The number of hydrogen-bond donors (Lipinski definition) is 2. The highest BCUT2D eigenvalue weighted by Gasteiger charge is 2.18. The van der Waals surface area contributed by atoms with Crippen LogP contribution in [0, 0.1) is 10.7 Å². The number of aromatic hydroxyl groups is 1. The standard InChI is InChI=1S/C7H3I3O3/c8-2-1-3(9)6(11)5(10)4(2)7(12)13/h1,11H,(H,12,13). The van der Waals surface area contributed by atoms with E-state index in [1.54, 1.807) is 6.07 Å². The first-order chi connectivity index (χ1) is 5.95. The summed E-state index contributed by atoms with van der Waals surface area (Å²) >= 11 is 5.74. The highest BCUT2D eigenvalue weighted by atomic mass is 127. The van der Waals surface area contributed by atoms with E-state index in [0.717, 1.165) is 0 Å². The van der Waals surface area contributed by atoms with Crippen LogP contribution in [0.4, 0.5) is 0 Å². The Morgan fingerprint density at radius 2 is 1.77 bits per heavy atom. The van der Waals surface area contributed by atoms with Gasteiger partial charge in [-0.3, -0.25) is 0 Å². The first-order valence-electron chi connectivity index (χ1n) is 3.05. The average Bonchev–Trinajstić information content (AvgIpc) is 1.99. The predicted octanol–water partition coefficient (Wildman–Crippen LogP) is 2.90. The van der Waals surface area contributed by atoms with Gasteiger partial charge in [-0.05, 0) is 73.8 Å². The average molecular weight is 516 g/mol. The van der Waals surface area contributed by atoms with E-state index in [4.69, 9.17) is 5.11 Å². The second-order valence-electron chi connectivity index (χ2n) is 2.18. The first kappa shape index (κ1) is 11.8. The molecule has 0 spiro atoms. The van der Waals surface area contributed by atoms with Crippen molar-refractivity contribution in [3.63, 3.8) is 0 Å². The maximum atomic E-state index is 10.8. The van der Waals surface area contributed by atoms with Gasteiger partial charge in [-0.2, -0.15) is 0 Å². The number of phenolic OH excluding ortho intramolecular Hbond substituents is 1. The van der Waals surface area contributed by atoms with Gasteiger partial charge in [0.15, 0.2) is 0 Å². The van der Waals surface area contributed by atoms with Crippen LogP contribution in [0.3, 0.4) is 0 Å². The molecule has 0 aliphatic heterocycles. The van der Waals surface area contributed by atoms with E-state index >= 15 is 0 Å². The molecule has 1 rings (SSSR count). The van der Waals surface area contributed by atoms with Crippen molar-refractivity contribution in [1.82, 2.24) is 0 Å². The zero-order valence-electron chi connectivity index (χ0n) is 6.01. The van der Waals surface area contributed by atoms with Crippen LogP contribution in [-0.4, -0.2) is 16.2 Å². The minimum absolute atomic E-state index is 0.0408. The minimum Gasteiger partial charge on any atom is -0.506 e. The first-order valence-corrected chi connectivity index (χ1v) is 6.28. The number of hydrogen-bond acceptors (Lipinski definition) is 2. The fraction of sp³-hybridized carbons (Fsp3) is 0. The van der Waals surface area contributed by atoms with E-state index in [-0.39, 0.29) is 11.3 Å². The third kappa shape index (κ3) is 2.37. The van der Waals surface area contributed by atoms with Gasteiger partial charge in [-0.1, -0.05) is 0 Å². The van der Waals surface area contributed by atoms with Crippen LogP contribution in [0.1, 0.15) is 10.4 Å². The molecule has 0 radical (unpaired) electrons. The van der Waals surface area contributed by atoms with Crippen LogP contribution in [0.15, 0.2) is 6.07 Å². The fourth-order valence-corrected chi connectivity index (χ4v) is 4.61. The van der Waals surface area contributed by atoms with Crippen molar-refractivity contribution in [2.45, 2.75) is 0 Å². The van der Waals surface area contributed by atoms with Crippen molar-refractivity contribution in [3.8, 4) is 5.75 Å². The van der Waals surface area contributed by atoms with Crippen molar-refractivity contribution in [3.05, 3.63) is 22.3 Å². The van der Waals surface area contributed by atoms with Gasteiger partial charge in [-0.25, -0.2) is 4.79 Å². The number of halogens is 3. The van der Waals surface area contributed by atoms with Crippen molar-refractivity contribution in [1.29, 1.82) is 0 Å². The Hall–Kier alpha value is 0.680. The molecule has 0 aliphatic carbocycles. The largest absolute Gasteiger partial charge is 0.506 e. The lowest BCUT2D eigenvalue weighted by Crippen LogP contribution is -2.04. The van der Waals surface area contributed by atoms with Gasteiger partial charge in [0.25, 0.3) is 0 Å². The molecule has 0 aliphatic rings. The van der Waals surface area contributed by atoms with Crippen LogP contribution in [0.5, 0.6) is 5.75 Å². The van der Waals surface area contributed by atoms with Gasteiger partial charge in [0.1, 0.15) is 5.75 Å². The zero-order chi connectivity index (χ0) is 10.2. The predicted molar refractivity (Wildman–Crippen MR) is 73.2 cm³/mol. The summed E-state index contributed by atoms with van der Waals surface area (Å²) in [6.45, 7) is 0. The molecular weight excluding hydrogens is 513 g/mol. The monoisotopic (exact) mass is 516 g/mol. The van der Waals surface area contributed by atoms with Crippen molar-refractivity contribution in [2.24, 2.45) is 0 Å². The van der Waals surface area contributed by atoms with E-state index in [1.165, 1.54) is 0 Å². The molecule has 0 aromatic heterocycles. The number of rotatable bonds is 1. The van der Waals surface area contributed by atoms with Crippen LogP contribution < -0.4 is 0 Å². The minimum atomic E-state index is -1.01. The normalized spacial score (nSPS) is 10.1. The number of carbonyl (C=O) groups is 1. The topological polar surface area (TPSA) is 57.5 Å². The lowest BCUT2D eigenvalue weighted by Gasteiger charge is -2.06. The molecule has 3 nitrogen and oxygen atoms in total.